The van der Waals surface area contributed by atoms with Gasteiger partial charge in [0.2, 0.25) is 0 Å². The molecule has 0 saturated carbocycles. The minimum Gasteiger partial charge on any atom is -0.478 e. The van der Waals surface area contributed by atoms with Crippen LogP contribution in [-0.4, -0.2) is 16.1 Å². The van der Waals surface area contributed by atoms with Crippen molar-refractivity contribution in [2.75, 3.05) is 11.1 Å². The largest absolute Gasteiger partial charge is 0.478 e. The van der Waals surface area contributed by atoms with Gasteiger partial charge >= 0.3 is 5.97 Å². The molecule has 18 heavy (non-hydrogen) atoms. The number of nitrogens with one attached hydrogen (secondary N) is 1. The number of aromatic nitrogens is 1. The van der Waals surface area contributed by atoms with Crippen LogP contribution in [0.5, 0.6) is 0 Å². The predicted molar refractivity (Wildman–Crippen MR) is 69.4 cm³/mol. The summed E-state index contributed by atoms with van der Waals surface area (Å²) in [6.45, 7) is 0.562. The Morgan fingerprint density at radius 2 is 2.17 bits per heavy atom. The van der Waals surface area contributed by atoms with Gasteiger partial charge in [0.1, 0.15) is 0 Å². The van der Waals surface area contributed by atoms with Crippen molar-refractivity contribution in [3.05, 3.63) is 53.9 Å². The van der Waals surface area contributed by atoms with Gasteiger partial charge in [-0.05, 0) is 30.3 Å². The lowest BCUT2D eigenvalue weighted by atomic mass is 10.1. The van der Waals surface area contributed by atoms with Crippen molar-refractivity contribution in [1.29, 1.82) is 0 Å². The van der Waals surface area contributed by atoms with Crippen LogP contribution in [0.15, 0.2) is 42.6 Å². The summed E-state index contributed by atoms with van der Waals surface area (Å²) in [5, 5.41) is 12.0. The number of carboxylic acids is 1. The first-order chi connectivity index (χ1) is 8.66. The number of carbonyl (C=O) groups is 1. The Morgan fingerprint density at radius 3 is 2.78 bits per heavy atom. The van der Waals surface area contributed by atoms with E-state index in [1.807, 2.05) is 18.2 Å². The van der Waals surface area contributed by atoms with E-state index < -0.39 is 5.97 Å². The lowest BCUT2D eigenvalue weighted by molar-refractivity contribution is 0.0698. The zero-order valence-corrected chi connectivity index (χ0v) is 9.63. The maximum Gasteiger partial charge on any atom is 0.337 e. The fraction of sp³-hybridized carbons (Fsp3) is 0.0769. The molecule has 92 valence electrons. The van der Waals surface area contributed by atoms with E-state index in [0.717, 1.165) is 11.4 Å². The third kappa shape index (κ3) is 2.76. The highest BCUT2D eigenvalue weighted by Gasteiger charge is 2.07. The van der Waals surface area contributed by atoms with Gasteiger partial charge in [-0.3, -0.25) is 4.98 Å². The van der Waals surface area contributed by atoms with Crippen LogP contribution in [0.3, 0.4) is 0 Å². The first kappa shape index (κ1) is 11.9. The molecule has 0 spiro atoms. The standard InChI is InChI=1S/C13H13N3O2/c14-12-7-9(4-5-11(12)13(17)18)16-8-10-3-1-2-6-15-10/h1-7,16H,8,14H2,(H,17,18). The summed E-state index contributed by atoms with van der Waals surface area (Å²) in [6.07, 6.45) is 1.72. The molecule has 2 rings (SSSR count). The van der Waals surface area contributed by atoms with Crippen molar-refractivity contribution < 1.29 is 9.90 Å². The molecule has 5 nitrogen and oxygen atoms in total. The number of pyridine rings is 1. The number of hydrogen-bond donors (Lipinski definition) is 3. The lowest BCUT2D eigenvalue weighted by Crippen LogP contribution is -2.05. The first-order valence-electron chi connectivity index (χ1n) is 5.43. The topological polar surface area (TPSA) is 88.2 Å². The van der Waals surface area contributed by atoms with Crippen molar-refractivity contribution in [3.63, 3.8) is 0 Å². The Morgan fingerprint density at radius 1 is 1.33 bits per heavy atom. The summed E-state index contributed by atoms with van der Waals surface area (Å²) in [5.41, 5.74) is 7.68. The summed E-state index contributed by atoms with van der Waals surface area (Å²) in [4.78, 5) is 15.0. The average molecular weight is 243 g/mol. The van der Waals surface area contributed by atoms with Crippen LogP contribution in [0.1, 0.15) is 16.1 Å². The van der Waals surface area contributed by atoms with Gasteiger partial charge in [-0.2, -0.15) is 0 Å². The van der Waals surface area contributed by atoms with E-state index in [9.17, 15) is 4.79 Å². The van der Waals surface area contributed by atoms with Gasteiger partial charge in [0.15, 0.2) is 0 Å². The van der Waals surface area contributed by atoms with Crippen LogP contribution in [-0.2, 0) is 6.54 Å². The van der Waals surface area contributed by atoms with Crippen LogP contribution >= 0.6 is 0 Å². The molecule has 0 aliphatic rings. The zero-order chi connectivity index (χ0) is 13.0. The second-order valence-corrected chi connectivity index (χ2v) is 3.78. The molecule has 1 aromatic heterocycles. The molecule has 0 bridgehead atoms. The van der Waals surface area contributed by atoms with Crippen molar-refractivity contribution in [1.82, 2.24) is 4.98 Å². The van der Waals surface area contributed by atoms with E-state index in [1.165, 1.54) is 6.07 Å². The van der Waals surface area contributed by atoms with E-state index in [0.29, 0.717) is 6.54 Å². The normalized spacial score (nSPS) is 10.0. The van der Waals surface area contributed by atoms with Gasteiger partial charge in [0.05, 0.1) is 17.8 Å². The molecule has 0 amide bonds. The number of carboxylic acid groups (broad SMARTS) is 1. The van der Waals surface area contributed by atoms with Gasteiger partial charge < -0.3 is 16.2 Å². The van der Waals surface area contributed by atoms with Crippen molar-refractivity contribution in [3.8, 4) is 0 Å². The first-order valence-corrected chi connectivity index (χ1v) is 5.43. The Labute approximate surface area is 104 Å². The monoisotopic (exact) mass is 243 g/mol. The number of nitrogen functional groups attached to an aromatic ring is 1. The zero-order valence-electron chi connectivity index (χ0n) is 9.63. The van der Waals surface area contributed by atoms with Gasteiger partial charge in [-0.25, -0.2) is 4.79 Å². The Bertz CT molecular complexity index is 555. The second-order valence-electron chi connectivity index (χ2n) is 3.78. The number of nitrogens with zero attached hydrogens (tertiary/aromatic N) is 1. The summed E-state index contributed by atoms with van der Waals surface area (Å²) in [7, 11) is 0. The second kappa shape index (κ2) is 5.18. The Balaban J connectivity index is 2.07. The highest BCUT2D eigenvalue weighted by atomic mass is 16.4. The lowest BCUT2D eigenvalue weighted by Gasteiger charge is -2.08. The van der Waals surface area contributed by atoms with Gasteiger partial charge in [0, 0.05) is 17.6 Å². The van der Waals surface area contributed by atoms with E-state index >= 15 is 0 Å². The maximum atomic E-state index is 10.8. The summed E-state index contributed by atoms with van der Waals surface area (Å²) >= 11 is 0. The minimum atomic E-state index is -1.02. The number of hydrogen-bond acceptors (Lipinski definition) is 4. The molecule has 0 aliphatic carbocycles. The maximum absolute atomic E-state index is 10.8. The number of nitrogens with two attached hydrogens (primary N) is 1. The van der Waals surface area contributed by atoms with Crippen molar-refractivity contribution in [2.24, 2.45) is 0 Å². The highest BCUT2D eigenvalue weighted by molar-refractivity contribution is 5.94. The molecular weight excluding hydrogens is 230 g/mol. The molecule has 2 aromatic rings. The van der Waals surface area contributed by atoms with Gasteiger partial charge in [-0.15, -0.1) is 0 Å². The quantitative estimate of drug-likeness (QED) is 0.714. The van der Waals surface area contributed by atoms with Crippen LogP contribution in [0.2, 0.25) is 0 Å². The Hall–Kier alpha value is -2.56. The van der Waals surface area contributed by atoms with Gasteiger partial charge in [-0.1, -0.05) is 6.07 Å². The van der Waals surface area contributed by atoms with E-state index in [2.05, 4.69) is 10.3 Å². The van der Waals surface area contributed by atoms with Crippen molar-refractivity contribution >= 4 is 17.3 Å². The Kier molecular flexibility index (Phi) is 3.43. The number of rotatable bonds is 4. The van der Waals surface area contributed by atoms with E-state index in [1.54, 1.807) is 18.3 Å². The van der Waals surface area contributed by atoms with E-state index in [-0.39, 0.29) is 11.3 Å². The molecule has 0 fully saturated rings. The fourth-order valence-corrected chi connectivity index (χ4v) is 1.56. The summed E-state index contributed by atoms with van der Waals surface area (Å²) < 4.78 is 0. The average Bonchev–Trinajstić information content (AvgIpc) is 2.37. The summed E-state index contributed by atoms with van der Waals surface area (Å²) in [6, 6.07) is 10.4. The molecule has 4 N–H and O–H groups in total. The van der Waals surface area contributed by atoms with Crippen LogP contribution in [0, 0.1) is 0 Å². The smallest absolute Gasteiger partial charge is 0.337 e. The third-order valence-corrected chi connectivity index (χ3v) is 2.48. The molecule has 0 unspecified atom stereocenters. The molecule has 0 atom stereocenters. The van der Waals surface area contributed by atoms with Gasteiger partial charge in [0.25, 0.3) is 0 Å². The molecule has 0 aliphatic heterocycles. The molecule has 1 aromatic carbocycles. The number of benzene rings is 1. The minimum absolute atomic E-state index is 0.110. The molecule has 0 radical (unpaired) electrons. The number of anilines is 2. The molecule has 0 saturated heterocycles. The van der Waals surface area contributed by atoms with Crippen LogP contribution in [0.25, 0.3) is 0 Å². The number of aromatic carboxylic acids is 1. The SMILES string of the molecule is Nc1cc(NCc2ccccn2)ccc1C(=O)O. The highest BCUT2D eigenvalue weighted by Crippen LogP contribution is 2.18. The van der Waals surface area contributed by atoms with Crippen LogP contribution in [0.4, 0.5) is 11.4 Å². The summed E-state index contributed by atoms with van der Waals surface area (Å²) in [5.74, 6) is -1.02. The molecule has 5 heteroatoms. The third-order valence-electron chi connectivity index (χ3n) is 2.48. The molecular formula is C13H13N3O2. The fourth-order valence-electron chi connectivity index (χ4n) is 1.56. The van der Waals surface area contributed by atoms with Crippen LogP contribution < -0.4 is 11.1 Å². The van der Waals surface area contributed by atoms with E-state index in [4.69, 9.17) is 10.8 Å². The van der Waals surface area contributed by atoms with Crippen molar-refractivity contribution in [2.45, 2.75) is 6.54 Å². The predicted octanol–water partition coefficient (Wildman–Crippen LogP) is 1.97. The molecule has 1 heterocycles.